The Hall–Kier alpha value is -0.810. The maximum atomic E-state index is 11.2. The normalized spacial score (nSPS) is 9.94. The maximum Gasteiger partial charge on any atom is 0.337 e. The van der Waals surface area contributed by atoms with Gasteiger partial charge in [0.05, 0.1) is 12.7 Å². The fourth-order valence-electron chi connectivity index (χ4n) is 1.09. The van der Waals surface area contributed by atoms with Crippen LogP contribution in [0.25, 0.3) is 0 Å². The average Bonchev–Trinajstić information content (AvgIpc) is 2.26. The molecule has 0 atom stereocenters. The van der Waals surface area contributed by atoms with E-state index >= 15 is 0 Å². The molecule has 1 aromatic rings. The molecule has 0 saturated carbocycles. The van der Waals surface area contributed by atoms with E-state index in [1.54, 1.807) is 12.1 Å². The fraction of sp³-hybridized carbons (Fsp3) is 0.273. The monoisotopic (exact) mass is 302 g/mol. The van der Waals surface area contributed by atoms with Crippen molar-refractivity contribution in [1.82, 2.24) is 0 Å². The number of thioether (sulfide) groups is 1. The predicted octanol–water partition coefficient (Wildman–Crippen LogP) is 3.02. The summed E-state index contributed by atoms with van der Waals surface area (Å²) in [7, 11) is 1.34. The molecular weight excluding hydrogens is 292 g/mol. The van der Waals surface area contributed by atoms with Crippen LogP contribution in [0.5, 0.6) is 0 Å². The van der Waals surface area contributed by atoms with Crippen LogP contribution in [0.15, 0.2) is 22.7 Å². The van der Waals surface area contributed by atoms with Crippen LogP contribution in [-0.2, 0) is 15.3 Å². The number of hydrogen-bond acceptors (Lipinski definition) is 4. The Balaban J connectivity index is 2.83. The van der Waals surface area contributed by atoms with E-state index in [-0.39, 0.29) is 11.1 Å². The highest BCUT2D eigenvalue weighted by molar-refractivity contribution is 9.10. The molecule has 5 heteroatoms. The molecule has 16 heavy (non-hydrogen) atoms. The molecule has 0 N–H and O–H groups in total. The highest BCUT2D eigenvalue weighted by atomic mass is 79.9. The van der Waals surface area contributed by atoms with Gasteiger partial charge in [-0.25, -0.2) is 4.79 Å². The van der Waals surface area contributed by atoms with Crippen LogP contribution >= 0.6 is 27.7 Å². The van der Waals surface area contributed by atoms with Gasteiger partial charge in [-0.15, -0.1) is 0 Å². The Kier molecular flexibility index (Phi) is 5.02. The Bertz CT molecular complexity index is 418. The van der Waals surface area contributed by atoms with Crippen LogP contribution in [0.3, 0.4) is 0 Å². The van der Waals surface area contributed by atoms with Gasteiger partial charge in [0.15, 0.2) is 5.12 Å². The van der Waals surface area contributed by atoms with Crippen molar-refractivity contribution in [1.29, 1.82) is 0 Å². The zero-order valence-electron chi connectivity index (χ0n) is 8.95. The number of rotatable bonds is 3. The summed E-state index contributed by atoms with van der Waals surface area (Å²) < 4.78 is 5.42. The van der Waals surface area contributed by atoms with Crippen LogP contribution in [0.1, 0.15) is 22.8 Å². The Labute approximate surface area is 107 Å². The number of methoxy groups -OCH3 is 1. The fourth-order valence-corrected chi connectivity index (χ4v) is 2.40. The molecule has 0 aliphatic carbocycles. The molecule has 3 nitrogen and oxygen atoms in total. The summed E-state index contributed by atoms with van der Waals surface area (Å²) >= 11 is 4.60. The number of carbonyl (C=O) groups is 2. The van der Waals surface area contributed by atoms with Gasteiger partial charge in [0.25, 0.3) is 0 Å². The smallest absolute Gasteiger partial charge is 0.337 e. The minimum absolute atomic E-state index is 0.0731. The molecule has 0 radical (unpaired) electrons. The zero-order chi connectivity index (χ0) is 12.1. The van der Waals surface area contributed by atoms with Gasteiger partial charge in [0.2, 0.25) is 0 Å². The molecule has 0 heterocycles. The Morgan fingerprint density at radius 2 is 2.12 bits per heavy atom. The quantitative estimate of drug-likeness (QED) is 0.805. The standard InChI is InChI=1S/C11H11BrO3S/c1-7(13)16-6-9-4-3-8(5-10(9)12)11(14)15-2/h3-5H,6H2,1-2H3. The lowest BCUT2D eigenvalue weighted by atomic mass is 10.1. The van der Waals surface area contributed by atoms with Crippen molar-refractivity contribution < 1.29 is 14.3 Å². The highest BCUT2D eigenvalue weighted by Crippen LogP contribution is 2.23. The summed E-state index contributed by atoms with van der Waals surface area (Å²) in [4.78, 5) is 22.1. The lowest BCUT2D eigenvalue weighted by molar-refractivity contribution is -0.109. The zero-order valence-corrected chi connectivity index (χ0v) is 11.4. The molecule has 0 spiro atoms. The number of carbonyl (C=O) groups excluding carboxylic acids is 2. The average molecular weight is 303 g/mol. The first-order valence-electron chi connectivity index (χ1n) is 4.54. The number of benzene rings is 1. The van der Waals surface area contributed by atoms with Gasteiger partial charge < -0.3 is 4.74 Å². The topological polar surface area (TPSA) is 43.4 Å². The molecule has 0 amide bonds. The molecular formula is C11H11BrO3S. The third kappa shape index (κ3) is 3.64. The van der Waals surface area contributed by atoms with Crippen molar-refractivity contribution in [3.63, 3.8) is 0 Å². The van der Waals surface area contributed by atoms with E-state index in [9.17, 15) is 9.59 Å². The van der Waals surface area contributed by atoms with Gasteiger partial charge in [0.1, 0.15) is 0 Å². The van der Waals surface area contributed by atoms with Crippen LogP contribution in [-0.4, -0.2) is 18.2 Å². The van der Waals surface area contributed by atoms with E-state index in [0.717, 1.165) is 10.0 Å². The molecule has 0 saturated heterocycles. The van der Waals surface area contributed by atoms with E-state index in [0.29, 0.717) is 11.3 Å². The van der Waals surface area contributed by atoms with E-state index in [1.807, 2.05) is 6.07 Å². The molecule has 0 aliphatic rings. The largest absolute Gasteiger partial charge is 0.465 e. The van der Waals surface area contributed by atoms with Crippen LogP contribution in [0.4, 0.5) is 0 Å². The van der Waals surface area contributed by atoms with Crippen molar-refractivity contribution in [3.8, 4) is 0 Å². The first-order chi connectivity index (χ1) is 7.54. The number of ether oxygens (including phenoxy) is 1. The van der Waals surface area contributed by atoms with Crippen LogP contribution < -0.4 is 0 Å². The maximum absolute atomic E-state index is 11.2. The summed E-state index contributed by atoms with van der Waals surface area (Å²) in [6, 6.07) is 5.20. The molecule has 0 unspecified atom stereocenters. The van der Waals surface area contributed by atoms with Crippen molar-refractivity contribution in [2.75, 3.05) is 7.11 Å². The summed E-state index contributed by atoms with van der Waals surface area (Å²) in [6.45, 7) is 1.53. The number of hydrogen-bond donors (Lipinski definition) is 0. The number of halogens is 1. The first-order valence-corrected chi connectivity index (χ1v) is 6.32. The minimum atomic E-state index is -0.369. The van der Waals surface area contributed by atoms with Gasteiger partial charge in [0, 0.05) is 17.1 Å². The minimum Gasteiger partial charge on any atom is -0.465 e. The molecule has 0 aliphatic heterocycles. The van der Waals surface area contributed by atoms with Gasteiger partial charge in [-0.1, -0.05) is 33.8 Å². The predicted molar refractivity (Wildman–Crippen MR) is 67.5 cm³/mol. The second kappa shape index (κ2) is 6.06. The molecule has 1 aromatic carbocycles. The Morgan fingerprint density at radius 3 is 2.62 bits per heavy atom. The summed E-state index contributed by atoms with van der Waals surface area (Å²) in [5.74, 6) is 0.226. The van der Waals surface area contributed by atoms with Gasteiger partial charge in [-0.3, -0.25) is 4.79 Å². The molecule has 86 valence electrons. The molecule has 0 bridgehead atoms. The van der Waals surface area contributed by atoms with E-state index in [2.05, 4.69) is 20.7 Å². The summed E-state index contributed by atoms with van der Waals surface area (Å²) in [5.41, 5.74) is 1.47. The SMILES string of the molecule is COC(=O)c1ccc(CSC(C)=O)c(Br)c1. The van der Waals surface area contributed by atoms with E-state index < -0.39 is 0 Å². The third-order valence-electron chi connectivity index (χ3n) is 1.91. The van der Waals surface area contributed by atoms with Gasteiger partial charge in [-0.2, -0.15) is 0 Å². The lowest BCUT2D eigenvalue weighted by Crippen LogP contribution is -2.01. The number of esters is 1. The van der Waals surface area contributed by atoms with Crippen LogP contribution in [0, 0.1) is 0 Å². The van der Waals surface area contributed by atoms with Crippen molar-refractivity contribution in [2.24, 2.45) is 0 Å². The van der Waals surface area contributed by atoms with Crippen molar-refractivity contribution in [3.05, 3.63) is 33.8 Å². The highest BCUT2D eigenvalue weighted by Gasteiger charge is 2.08. The third-order valence-corrected chi connectivity index (χ3v) is 3.51. The van der Waals surface area contributed by atoms with Gasteiger partial charge in [-0.05, 0) is 17.7 Å². The van der Waals surface area contributed by atoms with Crippen LogP contribution in [0.2, 0.25) is 0 Å². The molecule has 1 rings (SSSR count). The second-order valence-electron chi connectivity index (χ2n) is 3.08. The second-order valence-corrected chi connectivity index (χ2v) is 5.08. The van der Waals surface area contributed by atoms with E-state index in [4.69, 9.17) is 0 Å². The molecule has 0 fully saturated rings. The molecule has 0 aromatic heterocycles. The van der Waals surface area contributed by atoms with E-state index in [1.165, 1.54) is 25.8 Å². The van der Waals surface area contributed by atoms with Gasteiger partial charge >= 0.3 is 5.97 Å². The summed E-state index contributed by atoms with van der Waals surface area (Å²) in [5, 5.41) is 0.0731. The summed E-state index contributed by atoms with van der Waals surface area (Å²) in [6.07, 6.45) is 0. The Morgan fingerprint density at radius 1 is 1.44 bits per heavy atom. The lowest BCUT2D eigenvalue weighted by Gasteiger charge is -2.05. The first kappa shape index (κ1) is 13.3. The van der Waals surface area contributed by atoms with Crippen molar-refractivity contribution >= 4 is 38.8 Å². The van der Waals surface area contributed by atoms with Crippen molar-refractivity contribution in [2.45, 2.75) is 12.7 Å².